The molecule has 2 heterocycles. The predicted octanol–water partition coefficient (Wildman–Crippen LogP) is -0.0547. The third kappa shape index (κ3) is 3.27. The largest absolute Gasteiger partial charge is 0.345 e. The van der Waals surface area contributed by atoms with E-state index in [4.69, 9.17) is 5.73 Å². The van der Waals surface area contributed by atoms with Crippen LogP contribution in [0.1, 0.15) is 40.5 Å². The molecule has 2 aliphatic rings. The van der Waals surface area contributed by atoms with Crippen molar-refractivity contribution in [2.45, 2.75) is 52.1 Å². The topological polar surface area (TPSA) is 95.7 Å². The van der Waals surface area contributed by atoms with Gasteiger partial charge in [-0.2, -0.15) is 0 Å². The summed E-state index contributed by atoms with van der Waals surface area (Å²) in [6.45, 7) is 8.82. The van der Waals surface area contributed by atoms with Crippen LogP contribution in [0.25, 0.3) is 0 Å². The summed E-state index contributed by atoms with van der Waals surface area (Å²) in [6.07, 6.45) is 1.30. The summed E-state index contributed by atoms with van der Waals surface area (Å²) in [4.78, 5) is 40.9. The van der Waals surface area contributed by atoms with Gasteiger partial charge in [0, 0.05) is 26.7 Å². The molecule has 0 bridgehead atoms. The minimum atomic E-state index is -1.03. The number of nitrogens with one attached hydrogen (secondary N) is 1. The molecule has 3 atom stereocenters. The van der Waals surface area contributed by atoms with Crippen molar-refractivity contribution < 1.29 is 14.4 Å². The van der Waals surface area contributed by atoms with E-state index >= 15 is 0 Å². The number of hydrogen-bond donors (Lipinski definition) is 2. The number of rotatable bonds is 4. The van der Waals surface area contributed by atoms with E-state index in [2.05, 4.69) is 5.32 Å². The van der Waals surface area contributed by atoms with E-state index in [1.807, 2.05) is 20.9 Å². The molecular weight excluding hydrogens is 308 g/mol. The van der Waals surface area contributed by atoms with Gasteiger partial charge in [0.2, 0.25) is 17.7 Å². The predicted molar refractivity (Wildman–Crippen MR) is 90.9 cm³/mol. The number of piperidine rings is 1. The molecule has 0 aromatic carbocycles. The number of carbonyl (C=O) groups is 3. The Morgan fingerprint density at radius 3 is 2.62 bits per heavy atom. The van der Waals surface area contributed by atoms with E-state index in [-0.39, 0.29) is 23.6 Å². The van der Waals surface area contributed by atoms with Gasteiger partial charge in [-0.05, 0) is 39.5 Å². The molecule has 7 heteroatoms. The highest BCUT2D eigenvalue weighted by atomic mass is 16.2. The smallest absolute Gasteiger partial charge is 0.245 e. The second kappa shape index (κ2) is 6.35. The highest BCUT2D eigenvalue weighted by Gasteiger charge is 2.53. The summed E-state index contributed by atoms with van der Waals surface area (Å²) in [5.41, 5.74) is 4.25. The highest BCUT2D eigenvalue weighted by molar-refractivity contribution is 5.92. The Balaban J connectivity index is 2.09. The van der Waals surface area contributed by atoms with Gasteiger partial charge in [-0.1, -0.05) is 6.92 Å². The van der Waals surface area contributed by atoms with Gasteiger partial charge in [-0.3, -0.25) is 14.4 Å². The molecule has 2 saturated heterocycles. The van der Waals surface area contributed by atoms with Crippen molar-refractivity contribution in [1.29, 1.82) is 0 Å². The third-order valence-electron chi connectivity index (χ3n) is 5.41. The fourth-order valence-corrected chi connectivity index (χ4v) is 3.71. The maximum atomic E-state index is 12.9. The van der Waals surface area contributed by atoms with Crippen LogP contribution in [-0.2, 0) is 14.4 Å². The van der Waals surface area contributed by atoms with Crippen LogP contribution in [-0.4, -0.2) is 65.8 Å². The van der Waals surface area contributed by atoms with E-state index < -0.39 is 17.0 Å². The van der Waals surface area contributed by atoms with Gasteiger partial charge in [0.25, 0.3) is 0 Å². The van der Waals surface area contributed by atoms with Gasteiger partial charge < -0.3 is 20.9 Å². The molecule has 0 radical (unpaired) electrons. The monoisotopic (exact) mass is 338 g/mol. The lowest BCUT2D eigenvalue weighted by atomic mass is 9.74. The summed E-state index contributed by atoms with van der Waals surface area (Å²) in [6, 6.07) is -0.602. The molecule has 0 aromatic heterocycles. The molecule has 2 fully saturated rings. The van der Waals surface area contributed by atoms with E-state index in [0.29, 0.717) is 19.5 Å². The van der Waals surface area contributed by atoms with Crippen LogP contribution in [0, 0.1) is 11.3 Å². The maximum Gasteiger partial charge on any atom is 0.245 e. The number of hydrogen-bond acceptors (Lipinski definition) is 4. The van der Waals surface area contributed by atoms with Gasteiger partial charge in [0.1, 0.15) is 6.04 Å². The number of nitrogens with zero attached hydrogens (tertiary/aromatic N) is 2. The molecule has 3 amide bonds. The Bertz CT molecular complexity index is 542. The van der Waals surface area contributed by atoms with Gasteiger partial charge in [0.15, 0.2) is 0 Å². The highest BCUT2D eigenvalue weighted by Crippen LogP contribution is 2.42. The standard InChI is InChI=1S/C17H30N4O3/c1-6-12(19-14(23)16(2,3)18)13(22)21-8-7-11-9-20(5)15(24)17(11,4)10-21/h11-12H,6-10,18H2,1-5H3,(H,19,23)/t11?,12-,17?/m1/s1. The number of fused-ring (bicyclic) bond motifs is 1. The second-order valence-electron chi connectivity index (χ2n) is 8.00. The third-order valence-corrected chi connectivity index (χ3v) is 5.41. The molecule has 0 spiro atoms. The molecule has 3 N–H and O–H groups in total. The summed E-state index contributed by atoms with van der Waals surface area (Å²) < 4.78 is 0. The van der Waals surface area contributed by atoms with Crippen molar-refractivity contribution in [3.63, 3.8) is 0 Å². The first-order valence-corrected chi connectivity index (χ1v) is 8.65. The fourth-order valence-electron chi connectivity index (χ4n) is 3.71. The first-order chi connectivity index (χ1) is 11.0. The van der Waals surface area contributed by atoms with Gasteiger partial charge in [-0.25, -0.2) is 0 Å². The molecule has 2 unspecified atom stereocenters. The van der Waals surface area contributed by atoms with Crippen molar-refractivity contribution >= 4 is 17.7 Å². The Morgan fingerprint density at radius 1 is 1.46 bits per heavy atom. The molecular formula is C17H30N4O3. The normalized spacial score (nSPS) is 28.6. The number of carbonyl (C=O) groups excluding carboxylic acids is 3. The van der Waals surface area contributed by atoms with E-state index in [1.54, 1.807) is 23.6 Å². The summed E-state index contributed by atoms with van der Waals surface area (Å²) in [5.74, 6) is -0.0838. The second-order valence-corrected chi connectivity index (χ2v) is 8.00. The minimum Gasteiger partial charge on any atom is -0.345 e. The average molecular weight is 338 g/mol. The zero-order chi connectivity index (χ0) is 18.3. The van der Waals surface area contributed by atoms with Gasteiger partial charge in [0.05, 0.1) is 11.0 Å². The van der Waals surface area contributed by atoms with Gasteiger partial charge in [-0.15, -0.1) is 0 Å². The Morgan fingerprint density at radius 2 is 2.08 bits per heavy atom. The number of amides is 3. The summed E-state index contributed by atoms with van der Waals surface area (Å²) in [5, 5.41) is 2.75. The molecule has 0 aliphatic carbocycles. The first-order valence-electron chi connectivity index (χ1n) is 8.65. The zero-order valence-electron chi connectivity index (χ0n) is 15.4. The van der Waals surface area contributed by atoms with Crippen LogP contribution < -0.4 is 11.1 Å². The maximum absolute atomic E-state index is 12.9. The molecule has 136 valence electrons. The summed E-state index contributed by atoms with van der Waals surface area (Å²) in [7, 11) is 1.82. The Labute approximate surface area is 143 Å². The van der Waals surface area contributed by atoms with Crippen LogP contribution in [0.15, 0.2) is 0 Å². The van der Waals surface area contributed by atoms with Crippen molar-refractivity contribution in [1.82, 2.24) is 15.1 Å². The SMILES string of the molecule is CC[C@@H](NC(=O)C(C)(C)N)C(=O)N1CCC2CN(C)C(=O)C2(C)C1. The van der Waals surface area contributed by atoms with Crippen molar-refractivity contribution in [3.05, 3.63) is 0 Å². The van der Waals surface area contributed by atoms with E-state index in [9.17, 15) is 14.4 Å². The molecule has 7 nitrogen and oxygen atoms in total. The fraction of sp³-hybridized carbons (Fsp3) is 0.824. The van der Waals surface area contributed by atoms with Gasteiger partial charge >= 0.3 is 0 Å². The molecule has 24 heavy (non-hydrogen) atoms. The first kappa shape index (κ1) is 18.7. The molecule has 2 rings (SSSR count). The van der Waals surface area contributed by atoms with Crippen LogP contribution in [0.3, 0.4) is 0 Å². The zero-order valence-corrected chi connectivity index (χ0v) is 15.4. The Kier molecular flexibility index (Phi) is 4.95. The lowest BCUT2D eigenvalue weighted by Crippen LogP contribution is -2.59. The van der Waals surface area contributed by atoms with Crippen LogP contribution >= 0.6 is 0 Å². The minimum absolute atomic E-state index is 0.102. The number of likely N-dealkylation sites (tertiary alicyclic amines) is 2. The molecule has 2 aliphatic heterocycles. The Hall–Kier alpha value is -1.63. The van der Waals surface area contributed by atoms with Crippen LogP contribution in [0.2, 0.25) is 0 Å². The van der Waals surface area contributed by atoms with E-state index in [1.165, 1.54) is 0 Å². The van der Waals surface area contributed by atoms with E-state index in [0.717, 1.165) is 13.0 Å². The van der Waals surface area contributed by atoms with Crippen LogP contribution in [0.4, 0.5) is 0 Å². The average Bonchev–Trinajstić information content (AvgIpc) is 2.73. The molecule has 0 aromatic rings. The lowest BCUT2D eigenvalue weighted by Gasteiger charge is -2.41. The van der Waals surface area contributed by atoms with Crippen molar-refractivity contribution in [2.24, 2.45) is 17.1 Å². The van der Waals surface area contributed by atoms with Crippen LogP contribution in [0.5, 0.6) is 0 Å². The number of nitrogens with two attached hydrogens (primary N) is 1. The quantitative estimate of drug-likeness (QED) is 0.751. The lowest BCUT2D eigenvalue weighted by molar-refractivity contribution is -0.145. The van der Waals surface area contributed by atoms with Crippen molar-refractivity contribution in [2.75, 3.05) is 26.7 Å². The summed E-state index contributed by atoms with van der Waals surface area (Å²) >= 11 is 0. The van der Waals surface area contributed by atoms with Crippen molar-refractivity contribution in [3.8, 4) is 0 Å². The molecule has 0 saturated carbocycles.